The second kappa shape index (κ2) is 6.40. The van der Waals surface area contributed by atoms with Gasteiger partial charge < -0.3 is 19.9 Å². The maximum absolute atomic E-state index is 13.4. The SMILES string of the molecule is [2H]c1nn2c(=NC)cc3[nH]c2c1C(=O)N1CC(CC)C(C1)Oc1cccc(c1)N3. The Morgan fingerprint density at radius 2 is 2.29 bits per heavy atom. The molecule has 6 bridgehead atoms. The summed E-state index contributed by atoms with van der Waals surface area (Å²) in [7, 11) is 1.66. The van der Waals surface area contributed by atoms with Crippen molar-refractivity contribution in [1.29, 1.82) is 0 Å². The summed E-state index contributed by atoms with van der Waals surface area (Å²) in [6.07, 6.45) is 0.749. The maximum Gasteiger partial charge on any atom is 0.259 e. The van der Waals surface area contributed by atoms with E-state index >= 15 is 0 Å². The van der Waals surface area contributed by atoms with E-state index in [-0.39, 0.29) is 29.7 Å². The molecule has 0 saturated carbocycles. The van der Waals surface area contributed by atoms with Gasteiger partial charge in [0.1, 0.15) is 28.9 Å². The normalized spacial score (nSPS) is 22.4. The van der Waals surface area contributed by atoms with E-state index in [4.69, 9.17) is 6.11 Å². The van der Waals surface area contributed by atoms with E-state index in [1.165, 1.54) is 4.52 Å². The van der Waals surface area contributed by atoms with Gasteiger partial charge in [-0.15, -0.1) is 0 Å². The number of fused-ring (bicyclic) bond motifs is 5. The van der Waals surface area contributed by atoms with Crippen LogP contribution in [-0.2, 0) is 0 Å². The lowest BCUT2D eigenvalue weighted by atomic mass is 10.0. The van der Waals surface area contributed by atoms with Crippen LogP contribution in [0.4, 0.5) is 11.5 Å². The zero-order chi connectivity index (χ0) is 20.1. The highest BCUT2D eigenvalue weighted by atomic mass is 16.5. The van der Waals surface area contributed by atoms with Crippen molar-refractivity contribution >= 4 is 23.1 Å². The van der Waals surface area contributed by atoms with Crippen molar-refractivity contribution in [3.63, 3.8) is 0 Å². The molecule has 0 radical (unpaired) electrons. The van der Waals surface area contributed by atoms with E-state index in [1.54, 1.807) is 18.0 Å². The molecule has 144 valence electrons. The van der Waals surface area contributed by atoms with Crippen LogP contribution in [0.2, 0.25) is 0 Å². The predicted octanol–water partition coefficient (Wildman–Crippen LogP) is 2.18. The van der Waals surface area contributed by atoms with Crippen LogP contribution in [0.15, 0.2) is 41.5 Å². The van der Waals surface area contributed by atoms with Crippen molar-refractivity contribution in [1.82, 2.24) is 19.5 Å². The van der Waals surface area contributed by atoms with Gasteiger partial charge in [-0.25, -0.2) is 0 Å². The van der Waals surface area contributed by atoms with Gasteiger partial charge in [-0.1, -0.05) is 13.0 Å². The van der Waals surface area contributed by atoms with Gasteiger partial charge in [0, 0.05) is 37.3 Å². The second-order valence-electron chi connectivity index (χ2n) is 7.20. The zero-order valence-corrected chi connectivity index (χ0v) is 15.8. The quantitative estimate of drug-likeness (QED) is 0.678. The van der Waals surface area contributed by atoms with Crippen molar-refractivity contribution in [2.45, 2.75) is 19.4 Å². The number of benzene rings is 1. The Bertz CT molecular complexity index is 1180. The van der Waals surface area contributed by atoms with E-state index in [1.807, 2.05) is 24.3 Å². The van der Waals surface area contributed by atoms with Gasteiger partial charge in [0.2, 0.25) is 0 Å². The van der Waals surface area contributed by atoms with Crippen LogP contribution in [0.1, 0.15) is 25.1 Å². The molecule has 2 aromatic heterocycles. The first-order chi connectivity index (χ1) is 14.1. The molecule has 1 fully saturated rings. The molecule has 3 aromatic rings. The van der Waals surface area contributed by atoms with Gasteiger partial charge in [-0.05, 0) is 18.6 Å². The number of hydrogen-bond donors (Lipinski definition) is 2. The van der Waals surface area contributed by atoms with E-state index in [2.05, 4.69) is 27.3 Å². The molecule has 2 atom stereocenters. The minimum Gasteiger partial charge on any atom is -0.488 e. The number of nitrogens with one attached hydrogen (secondary N) is 2. The number of hydrogen-bond acceptors (Lipinski definition) is 5. The summed E-state index contributed by atoms with van der Waals surface area (Å²) >= 11 is 0. The van der Waals surface area contributed by atoms with Gasteiger partial charge in [-0.3, -0.25) is 9.79 Å². The number of H-pyrrole nitrogens is 1. The third-order valence-electron chi connectivity index (χ3n) is 5.49. The van der Waals surface area contributed by atoms with Gasteiger partial charge in [0.15, 0.2) is 5.49 Å². The Labute approximate surface area is 163 Å². The third-order valence-corrected chi connectivity index (χ3v) is 5.49. The highest BCUT2D eigenvalue weighted by molar-refractivity contribution is 6.00. The lowest BCUT2D eigenvalue weighted by Crippen LogP contribution is -2.31. The van der Waals surface area contributed by atoms with Crippen LogP contribution >= 0.6 is 0 Å². The molecule has 8 heteroatoms. The van der Waals surface area contributed by atoms with Gasteiger partial charge >= 0.3 is 0 Å². The number of carbonyl (C=O) groups excluding carboxylic acids is 1. The van der Waals surface area contributed by atoms with Crippen molar-refractivity contribution in [2.75, 3.05) is 25.5 Å². The number of nitrogens with zero attached hydrogens (tertiary/aromatic N) is 4. The average Bonchev–Trinajstić information content (AvgIpc) is 3.26. The molecule has 5 rings (SSSR count). The fourth-order valence-electron chi connectivity index (χ4n) is 3.99. The molecule has 2 aliphatic heterocycles. The molecular weight excluding hydrogens is 356 g/mol. The first kappa shape index (κ1) is 15.7. The maximum atomic E-state index is 13.4. The molecule has 28 heavy (non-hydrogen) atoms. The third kappa shape index (κ3) is 2.64. The molecule has 4 heterocycles. The number of amides is 1. The summed E-state index contributed by atoms with van der Waals surface area (Å²) in [6, 6.07) is 9.55. The van der Waals surface area contributed by atoms with Crippen LogP contribution in [0.5, 0.6) is 5.75 Å². The molecule has 1 amide bonds. The van der Waals surface area contributed by atoms with Crippen LogP contribution in [0, 0.1) is 5.92 Å². The summed E-state index contributed by atoms with van der Waals surface area (Å²) < 4.78 is 16.1. The number of aromatic nitrogens is 3. The molecular formula is C20H22N6O2. The van der Waals surface area contributed by atoms with Gasteiger partial charge in [0.05, 0.1) is 14.1 Å². The summed E-state index contributed by atoms with van der Waals surface area (Å²) in [6.45, 7) is 3.19. The fraction of sp³-hybridized carbons (Fsp3) is 0.350. The topological polar surface area (TPSA) is 87.0 Å². The predicted molar refractivity (Wildman–Crippen MR) is 105 cm³/mol. The summed E-state index contributed by atoms with van der Waals surface area (Å²) in [5.41, 5.74) is 2.10. The van der Waals surface area contributed by atoms with E-state index in [9.17, 15) is 4.79 Å². The van der Waals surface area contributed by atoms with Crippen LogP contribution < -0.4 is 15.5 Å². The molecule has 2 N–H and O–H groups in total. The Balaban J connectivity index is 1.76. The van der Waals surface area contributed by atoms with E-state index in [0.717, 1.165) is 17.9 Å². The van der Waals surface area contributed by atoms with E-state index < -0.39 is 0 Å². The smallest absolute Gasteiger partial charge is 0.259 e. The van der Waals surface area contributed by atoms with Gasteiger partial charge in [-0.2, -0.15) is 9.61 Å². The average molecular weight is 379 g/mol. The Morgan fingerprint density at radius 3 is 3.11 bits per heavy atom. The lowest BCUT2D eigenvalue weighted by Gasteiger charge is -2.19. The van der Waals surface area contributed by atoms with Crippen molar-refractivity contribution in [2.24, 2.45) is 10.9 Å². The zero-order valence-electron chi connectivity index (χ0n) is 16.8. The summed E-state index contributed by atoms with van der Waals surface area (Å²) in [5.74, 6) is 1.43. The Kier molecular flexibility index (Phi) is 3.60. The molecule has 8 nitrogen and oxygen atoms in total. The van der Waals surface area contributed by atoms with Crippen LogP contribution in [0.25, 0.3) is 5.65 Å². The molecule has 0 spiro atoms. The lowest BCUT2D eigenvalue weighted by molar-refractivity contribution is 0.0774. The monoisotopic (exact) mass is 379 g/mol. The molecule has 2 unspecified atom stereocenters. The number of ether oxygens (including phenoxy) is 1. The van der Waals surface area contributed by atoms with E-state index in [0.29, 0.717) is 30.0 Å². The minimum atomic E-state index is -0.212. The first-order valence-electron chi connectivity index (χ1n) is 9.96. The molecule has 2 aliphatic rings. The Hall–Kier alpha value is -3.29. The summed E-state index contributed by atoms with van der Waals surface area (Å²) in [5, 5.41) is 7.56. The number of carbonyl (C=O) groups is 1. The first-order valence-corrected chi connectivity index (χ1v) is 9.46. The van der Waals surface area contributed by atoms with Crippen LogP contribution in [0.3, 0.4) is 0 Å². The van der Waals surface area contributed by atoms with Crippen molar-refractivity contribution < 1.29 is 10.9 Å². The molecule has 1 saturated heterocycles. The van der Waals surface area contributed by atoms with Gasteiger partial charge in [0.25, 0.3) is 5.91 Å². The Morgan fingerprint density at radius 1 is 1.39 bits per heavy atom. The molecule has 1 aromatic carbocycles. The fourth-order valence-corrected chi connectivity index (χ4v) is 3.99. The number of aromatic amines is 1. The highest BCUT2D eigenvalue weighted by Gasteiger charge is 2.37. The number of rotatable bonds is 1. The van der Waals surface area contributed by atoms with Crippen molar-refractivity contribution in [3.05, 3.63) is 47.6 Å². The molecule has 0 aliphatic carbocycles. The minimum absolute atomic E-state index is 0.0684. The number of anilines is 2. The van der Waals surface area contributed by atoms with Crippen LogP contribution in [-0.4, -0.2) is 51.6 Å². The summed E-state index contributed by atoms with van der Waals surface area (Å²) in [4.78, 5) is 22.6. The standard InChI is InChI=1S/C20H22N6O2/c1-3-12-10-25-11-16(12)28-14-6-4-5-13(7-14)23-17-8-18(21-2)26-19(24-17)15(9-22-26)20(25)27/h4-9,12,16,23-24H,3,10-11H2,1-2H3/i9D. The highest BCUT2D eigenvalue weighted by Crippen LogP contribution is 2.29. The largest absolute Gasteiger partial charge is 0.488 e. The second-order valence-corrected chi connectivity index (χ2v) is 7.20. The van der Waals surface area contributed by atoms with Crippen molar-refractivity contribution in [3.8, 4) is 5.75 Å².